The number of aromatic nitrogens is 1. The van der Waals surface area contributed by atoms with E-state index in [0.29, 0.717) is 12.1 Å². The molecule has 0 spiro atoms. The molecule has 0 saturated heterocycles. The zero-order chi connectivity index (χ0) is 24.7. The number of nitrogen functional groups attached to an aromatic ring is 1. The van der Waals surface area contributed by atoms with Crippen LogP contribution in [0.15, 0.2) is 34.2 Å². The van der Waals surface area contributed by atoms with E-state index in [1.807, 2.05) is 0 Å². The number of halogens is 8. The van der Waals surface area contributed by atoms with Crippen molar-refractivity contribution in [2.24, 2.45) is 0 Å². The molecule has 0 fully saturated rings. The van der Waals surface area contributed by atoms with Gasteiger partial charge < -0.3 is 5.73 Å². The van der Waals surface area contributed by atoms with Crippen molar-refractivity contribution >= 4 is 17.6 Å². The predicted octanol–water partition coefficient (Wildman–Crippen LogP) is 5.94. The molecule has 2 aromatic carbocycles. The summed E-state index contributed by atoms with van der Waals surface area (Å²) in [6.07, 6.45) is -4.68. The number of anilines is 1. The van der Waals surface area contributed by atoms with Crippen molar-refractivity contribution in [2.45, 2.75) is 16.1 Å². The molecule has 0 atom stereocenters. The van der Waals surface area contributed by atoms with E-state index in [1.165, 1.54) is 0 Å². The smallest absolute Gasteiger partial charge is 0.383 e. The second-order valence-corrected chi connectivity index (χ2v) is 7.23. The molecule has 0 bridgehead atoms. The van der Waals surface area contributed by atoms with Gasteiger partial charge in [-0.05, 0) is 17.7 Å². The molecule has 0 saturated carbocycles. The average molecular weight is 486 g/mol. The molecule has 1 aromatic heterocycles. The van der Waals surface area contributed by atoms with Crippen LogP contribution in [0.5, 0.6) is 0 Å². The van der Waals surface area contributed by atoms with Gasteiger partial charge in [0.1, 0.15) is 28.5 Å². The molecule has 33 heavy (non-hydrogen) atoms. The second kappa shape index (κ2) is 8.60. The molecule has 0 unspecified atom stereocenters. The lowest BCUT2D eigenvalue weighted by Gasteiger charge is -2.14. The molecular weight excluding hydrogens is 480 g/mol. The first-order valence-corrected chi connectivity index (χ1v) is 9.24. The highest BCUT2D eigenvalue weighted by atomic mass is 32.2. The van der Waals surface area contributed by atoms with E-state index in [9.17, 15) is 45.6 Å². The molecule has 0 amide bonds. The van der Waals surface area contributed by atoms with Gasteiger partial charge in [0.2, 0.25) is 5.82 Å². The van der Waals surface area contributed by atoms with Crippen molar-refractivity contribution in [1.82, 2.24) is 4.98 Å². The van der Waals surface area contributed by atoms with Crippen molar-refractivity contribution in [3.05, 3.63) is 70.0 Å². The number of alkyl halides is 3. The Morgan fingerprint density at radius 1 is 0.788 bits per heavy atom. The average Bonchev–Trinajstić information content (AvgIpc) is 2.78. The van der Waals surface area contributed by atoms with E-state index < -0.39 is 67.7 Å². The summed E-state index contributed by atoms with van der Waals surface area (Å²) in [5, 5.41) is 18.4. The summed E-state index contributed by atoms with van der Waals surface area (Å²) in [4.78, 5) is 2.27. The predicted molar refractivity (Wildman–Crippen MR) is 98.9 cm³/mol. The fourth-order valence-corrected chi connectivity index (χ4v) is 3.70. The van der Waals surface area contributed by atoms with Gasteiger partial charge in [-0.25, -0.2) is 26.9 Å². The van der Waals surface area contributed by atoms with Gasteiger partial charge in [-0.15, -0.1) is 0 Å². The fraction of sp³-hybridized carbons (Fsp3) is 0.0500. The Balaban J connectivity index is 2.27. The number of rotatable bonds is 3. The number of hydrogen-bond donors (Lipinski definition) is 1. The van der Waals surface area contributed by atoms with Crippen LogP contribution in [0.1, 0.15) is 16.7 Å². The topological polar surface area (TPSA) is 86.5 Å². The van der Waals surface area contributed by atoms with Gasteiger partial charge in [-0.2, -0.15) is 23.7 Å². The SMILES string of the molecule is N#Cc1c(N)nc(Sc2c(F)c(F)c(F)c(F)c2F)c(C#N)c1-c1ccc(C(F)(F)F)cc1. The van der Waals surface area contributed by atoms with Crippen LogP contribution in [0, 0.1) is 51.7 Å². The first kappa shape index (κ1) is 23.8. The van der Waals surface area contributed by atoms with Crippen LogP contribution < -0.4 is 5.73 Å². The quantitative estimate of drug-likeness (QED) is 0.281. The van der Waals surface area contributed by atoms with Gasteiger partial charge in [-0.1, -0.05) is 23.9 Å². The summed E-state index contributed by atoms with van der Waals surface area (Å²) in [6.45, 7) is 0. The lowest BCUT2D eigenvalue weighted by molar-refractivity contribution is -0.137. The van der Waals surface area contributed by atoms with E-state index in [4.69, 9.17) is 5.73 Å². The van der Waals surface area contributed by atoms with Crippen molar-refractivity contribution in [2.75, 3.05) is 5.73 Å². The summed E-state index contributed by atoms with van der Waals surface area (Å²) < 4.78 is 107. The zero-order valence-corrected chi connectivity index (χ0v) is 16.5. The highest BCUT2D eigenvalue weighted by Crippen LogP contribution is 2.41. The van der Waals surface area contributed by atoms with E-state index in [0.717, 1.165) is 12.1 Å². The maximum Gasteiger partial charge on any atom is 0.416 e. The van der Waals surface area contributed by atoms with Crippen LogP contribution in [0.2, 0.25) is 0 Å². The Morgan fingerprint density at radius 2 is 1.27 bits per heavy atom. The standard InChI is InChI=1S/C20H6F8N4S/c21-12-13(22)15(24)17(16(25)14(12)23)33-19-10(6-30)11(9(5-29)18(31)32-19)7-1-3-8(4-2-7)20(26,27)28/h1-4H,(H2,31,32). The Kier molecular flexibility index (Phi) is 6.20. The maximum atomic E-state index is 14.1. The van der Waals surface area contributed by atoms with Crippen LogP contribution >= 0.6 is 11.8 Å². The molecule has 0 aliphatic rings. The fourth-order valence-electron chi connectivity index (χ4n) is 2.76. The summed E-state index contributed by atoms with van der Waals surface area (Å²) in [7, 11) is 0. The molecule has 13 heteroatoms. The van der Waals surface area contributed by atoms with Gasteiger partial charge in [0, 0.05) is 5.56 Å². The maximum absolute atomic E-state index is 14.1. The normalized spacial score (nSPS) is 11.2. The number of nitrogens with zero attached hydrogens (tertiary/aromatic N) is 3. The van der Waals surface area contributed by atoms with Crippen molar-refractivity contribution in [1.29, 1.82) is 10.5 Å². The minimum atomic E-state index is -4.68. The summed E-state index contributed by atoms with van der Waals surface area (Å²) >= 11 is -0.121. The van der Waals surface area contributed by atoms with Gasteiger partial charge in [0.05, 0.1) is 16.0 Å². The number of hydrogen-bond acceptors (Lipinski definition) is 5. The summed E-state index contributed by atoms with van der Waals surface area (Å²) in [5.74, 6) is -11.8. The number of nitriles is 2. The van der Waals surface area contributed by atoms with Gasteiger partial charge in [-0.3, -0.25) is 0 Å². The largest absolute Gasteiger partial charge is 0.416 e. The van der Waals surface area contributed by atoms with Gasteiger partial charge in [0.25, 0.3) is 0 Å². The highest BCUT2D eigenvalue weighted by Gasteiger charge is 2.31. The first-order chi connectivity index (χ1) is 15.4. The van der Waals surface area contributed by atoms with Crippen molar-refractivity contribution in [3.63, 3.8) is 0 Å². The Bertz CT molecular complexity index is 1330. The summed E-state index contributed by atoms with van der Waals surface area (Å²) in [5.41, 5.74) is 3.19. The van der Waals surface area contributed by atoms with E-state index >= 15 is 0 Å². The van der Waals surface area contributed by atoms with Crippen molar-refractivity contribution in [3.8, 4) is 23.3 Å². The summed E-state index contributed by atoms with van der Waals surface area (Å²) in [6, 6.07) is 6.39. The van der Waals surface area contributed by atoms with Crippen molar-refractivity contribution < 1.29 is 35.1 Å². The third-order valence-corrected chi connectivity index (χ3v) is 5.34. The number of benzene rings is 2. The molecular formula is C20H6F8N4S. The van der Waals surface area contributed by atoms with Gasteiger partial charge in [0.15, 0.2) is 23.3 Å². The van der Waals surface area contributed by atoms with Crippen LogP contribution in [-0.4, -0.2) is 4.98 Å². The monoisotopic (exact) mass is 486 g/mol. The number of nitrogens with two attached hydrogens (primary N) is 1. The molecule has 2 N–H and O–H groups in total. The minimum absolute atomic E-state index is 0.107. The molecule has 0 aliphatic carbocycles. The number of pyridine rings is 1. The molecule has 1 heterocycles. The first-order valence-electron chi connectivity index (χ1n) is 8.42. The molecule has 3 aromatic rings. The van der Waals surface area contributed by atoms with Crippen LogP contribution in [0.3, 0.4) is 0 Å². The van der Waals surface area contributed by atoms with E-state index in [1.54, 1.807) is 12.1 Å². The Hall–Kier alpha value is -3.84. The lowest BCUT2D eigenvalue weighted by Crippen LogP contribution is -2.07. The minimum Gasteiger partial charge on any atom is -0.383 e. The third-order valence-electron chi connectivity index (χ3n) is 4.28. The van der Waals surface area contributed by atoms with E-state index in [-0.39, 0.29) is 22.9 Å². The van der Waals surface area contributed by atoms with Crippen LogP contribution in [0.25, 0.3) is 11.1 Å². The Morgan fingerprint density at radius 3 is 1.73 bits per heavy atom. The lowest BCUT2D eigenvalue weighted by atomic mass is 9.96. The molecule has 168 valence electrons. The van der Waals surface area contributed by atoms with Crippen LogP contribution in [-0.2, 0) is 6.18 Å². The zero-order valence-electron chi connectivity index (χ0n) is 15.7. The highest BCUT2D eigenvalue weighted by molar-refractivity contribution is 7.99. The van der Waals surface area contributed by atoms with E-state index in [2.05, 4.69) is 4.98 Å². The molecule has 3 rings (SSSR count). The third kappa shape index (κ3) is 4.15. The van der Waals surface area contributed by atoms with Crippen LogP contribution in [0.4, 0.5) is 40.9 Å². The Labute approximate surface area is 183 Å². The molecule has 4 nitrogen and oxygen atoms in total. The second-order valence-electron chi connectivity index (χ2n) is 6.23. The van der Waals surface area contributed by atoms with Gasteiger partial charge >= 0.3 is 6.18 Å². The molecule has 0 aliphatic heterocycles. The molecule has 0 radical (unpaired) electrons.